The Morgan fingerprint density at radius 2 is 2.40 bits per heavy atom. The van der Waals surface area contributed by atoms with E-state index in [0.29, 0.717) is 12.1 Å². The number of benzene rings is 1. The minimum absolute atomic E-state index is 0.0570. The van der Waals surface area contributed by atoms with Crippen LogP contribution in [0.25, 0.3) is 0 Å². The third kappa shape index (κ3) is 3.06. The van der Waals surface area contributed by atoms with Gasteiger partial charge in [0.25, 0.3) is 5.69 Å². The molecule has 106 valence electrons. The third-order valence-electron chi connectivity index (χ3n) is 3.48. The van der Waals surface area contributed by atoms with Crippen molar-refractivity contribution in [3.8, 4) is 6.07 Å². The predicted molar refractivity (Wildman–Crippen MR) is 74.7 cm³/mol. The summed E-state index contributed by atoms with van der Waals surface area (Å²) in [5.74, 6) is 0. The molecule has 0 saturated carbocycles. The van der Waals surface area contributed by atoms with Crippen LogP contribution >= 0.6 is 0 Å². The van der Waals surface area contributed by atoms with Gasteiger partial charge in [0, 0.05) is 31.8 Å². The van der Waals surface area contributed by atoms with Gasteiger partial charge >= 0.3 is 0 Å². The van der Waals surface area contributed by atoms with Crippen LogP contribution in [-0.2, 0) is 4.74 Å². The minimum Gasteiger partial charge on any atom is -0.376 e. The Morgan fingerprint density at radius 3 is 2.95 bits per heavy atom. The molecule has 0 aromatic heterocycles. The van der Waals surface area contributed by atoms with Crippen LogP contribution in [0.4, 0.5) is 11.4 Å². The van der Waals surface area contributed by atoms with Gasteiger partial charge in [0.1, 0.15) is 6.07 Å². The molecule has 1 aromatic rings. The summed E-state index contributed by atoms with van der Waals surface area (Å²) in [5.41, 5.74) is 1.01. The van der Waals surface area contributed by atoms with E-state index in [1.54, 1.807) is 6.07 Å². The second-order valence-corrected chi connectivity index (χ2v) is 4.74. The van der Waals surface area contributed by atoms with E-state index in [1.165, 1.54) is 12.1 Å². The van der Waals surface area contributed by atoms with Crippen molar-refractivity contribution in [3.05, 3.63) is 33.9 Å². The Hall–Kier alpha value is -2.13. The molecule has 0 amide bonds. The quantitative estimate of drug-likeness (QED) is 0.609. The van der Waals surface area contributed by atoms with E-state index in [2.05, 4.69) is 0 Å². The summed E-state index contributed by atoms with van der Waals surface area (Å²) in [5, 5.41) is 20.0. The number of anilines is 1. The van der Waals surface area contributed by atoms with Crippen molar-refractivity contribution >= 4 is 11.4 Å². The lowest BCUT2D eigenvalue weighted by atomic mass is 10.1. The lowest BCUT2D eigenvalue weighted by Crippen LogP contribution is -2.32. The van der Waals surface area contributed by atoms with Gasteiger partial charge in [-0.25, -0.2) is 0 Å². The SMILES string of the molecule is CCN(CC1CCCO1)c1ccc([N+](=O)[O-])cc1C#N. The highest BCUT2D eigenvalue weighted by Gasteiger charge is 2.21. The number of hydrogen-bond donors (Lipinski definition) is 0. The van der Waals surface area contributed by atoms with Gasteiger partial charge in [-0.05, 0) is 25.8 Å². The summed E-state index contributed by atoms with van der Waals surface area (Å²) in [6.07, 6.45) is 2.26. The molecule has 0 aliphatic carbocycles. The number of rotatable bonds is 5. The zero-order valence-electron chi connectivity index (χ0n) is 11.4. The maximum Gasteiger partial charge on any atom is 0.270 e. The fourth-order valence-corrected chi connectivity index (χ4v) is 2.43. The smallest absolute Gasteiger partial charge is 0.270 e. The van der Waals surface area contributed by atoms with E-state index >= 15 is 0 Å². The summed E-state index contributed by atoms with van der Waals surface area (Å²) in [4.78, 5) is 12.3. The van der Waals surface area contributed by atoms with E-state index in [4.69, 9.17) is 4.74 Å². The molecule has 1 saturated heterocycles. The van der Waals surface area contributed by atoms with Crippen molar-refractivity contribution in [1.29, 1.82) is 5.26 Å². The Morgan fingerprint density at radius 1 is 1.60 bits per heavy atom. The molecule has 0 bridgehead atoms. The predicted octanol–water partition coefficient (Wildman–Crippen LogP) is 2.47. The third-order valence-corrected chi connectivity index (χ3v) is 3.48. The molecule has 0 radical (unpaired) electrons. The van der Waals surface area contributed by atoms with Crippen molar-refractivity contribution in [2.75, 3.05) is 24.6 Å². The van der Waals surface area contributed by atoms with Gasteiger partial charge in [-0.15, -0.1) is 0 Å². The molecule has 6 nitrogen and oxygen atoms in total. The van der Waals surface area contributed by atoms with Crippen molar-refractivity contribution in [1.82, 2.24) is 0 Å². The van der Waals surface area contributed by atoms with Crippen molar-refractivity contribution in [2.24, 2.45) is 0 Å². The second-order valence-electron chi connectivity index (χ2n) is 4.74. The van der Waals surface area contributed by atoms with Gasteiger partial charge < -0.3 is 9.64 Å². The number of likely N-dealkylation sites (N-methyl/N-ethyl adjacent to an activating group) is 1. The highest BCUT2D eigenvalue weighted by molar-refractivity contribution is 5.63. The Labute approximate surface area is 117 Å². The van der Waals surface area contributed by atoms with Crippen LogP contribution in [0.5, 0.6) is 0 Å². The fourth-order valence-electron chi connectivity index (χ4n) is 2.43. The minimum atomic E-state index is -0.485. The van der Waals surface area contributed by atoms with Gasteiger partial charge in [-0.1, -0.05) is 0 Å². The molecule has 1 aliphatic rings. The van der Waals surface area contributed by atoms with Gasteiger partial charge in [-0.3, -0.25) is 10.1 Å². The first-order chi connectivity index (χ1) is 9.65. The van der Waals surface area contributed by atoms with Gasteiger partial charge in [0.15, 0.2) is 0 Å². The first kappa shape index (κ1) is 14.3. The van der Waals surface area contributed by atoms with Crippen LogP contribution in [0.1, 0.15) is 25.3 Å². The van der Waals surface area contributed by atoms with Crippen molar-refractivity contribution in [3.63, 3.8) is 0 Å². The molecular weight excluding hydrogens is 258 g/mol. The normalized spacial score (nSPS) is 17.7. The monoisotopic (exact) mass is 275 g/mol. The molecule has 1 heterocycles. The molecule has 0 spiro atoms. The van der Waals surface area contributed by atoms with Gasteiger partial charge in [-0.2, -0.15) is 5.26 Å². The number of nitrogens with zero attached hydrogens (tertiary/aromatic N) is 3. The van der Waals surface area contributed by atoms with Gasteiger partial charge in [0.2, 0.25) is 0 Å². The summed E-state index contributed by atoms with van der Waals surface area (Å²) >= 11 is 0. The van der Waals surface area contributed by atoms with Crippen LogP contribution in [0.3, 0.4) is 0 Å². The molecular formula is C14H17N3O3. The number of hydrogen-bond acceptors (Lipinski definition) is 5. The van der Waals surface area contributed by atoms with Crippen LogP contribution < -0.4 is 4.90 Å². The van der Waals surface area contributed by atoms with E-state index in [-0.39, 0.29) is 11.8 Å². The lowest BCUT2D eigenvalue weighted by molar-refractivity contribution is -0.384. The zero-order valence-corrected chi connectivity index (χ0v) is 11.4. The van der Waals surface area contributed by atoms with Crippen LogP contribution in [0, 0.1) is 21.4 Å². The topological polar surface area (TPSA) is 79.4 Å². The highest BCUT2D eigenvalue weighted by Crippen LogP contribution is 2.26. The number of nitro benzene ring substituents is 1. The molecule has 1 atom stereocenters. The van der Waals surface area contributed by atoms with Crippen molar-refractivity contribution < 1.29 is 9.66 Å². The summed E-state index contributed by atoms with van der Waals surface area (Å²) in [7, 11) is 0. The zero-order chi connectivity index (χ0) is 14.5. The first-order valence-corrected chi connectivity index (χ1v) is 6.70. The van der Waals surface area contributed by atoms with Gasteiger partial charge in [0.05, 0.1) is 22.3 Å². The van der Waals surface area contributed by atoms with E-state index < -0.39 is 4.92 Å². The Balaban J connectivity index is 2.24. The lowest BCUT2D eigenvalue weighted by Gasteiger charge is -2.26. The van der Waals surface area contributed by atoms with Crippen molar-refractivity contribution in [2.45, 2.75) is 25.9 Å². The van der Waals surface area contributed by atoms with E-state index in [1.807, 2.05) is 17.9 Å². The van der Waals surface area contributed by atoms with Crippen LogP contribution in [0.2, 0.25) is 0 Å². The number of non-ortho nitro benzene ring substituents is 1. The molecule has 6 heteroatoms. The molecule has 0 N–H and O–H groups in total. The molecule has 1 aromatic carbocycles. The average molecular weight is 275 g/mol. The van der Waals surface area contributed by atoms with Crippen LogP contribution in [0.15, 0.2) is 18.2 Å². The highest BCUT2D eigenvalue weighted by atomic mass is 16.6. The Kier molecular flexibility index (Phi) is 4.53. The number of nitriles is 1. The Bertz CT molecular complexity index is 533. The summed E-state index contributed by atoms with van der Waals surface area (Å²) in [6, 6.07) is 6.46. The molecule has 1 aliphatic heterocycles. The standard InChI is InChI=1S/C14H17N3O3/c1-2-16(10-13-4-3-7-20-13)14-6-5-12(17(18)19)8-11(14)9-15/h5-6,8,13H,2-4,7,10H2,1H3. The summed E-state index contributed by atoms with van der Waals surface area (Å²) < 4.78 is 5.61. The number of ether oxygens (including phenoxy) is 1. The molecule has 20 heavy (non-hydrogen) atoms. The molecule has 1 unspecified atom stereocenters. The maximum absolute atomic E-state index is 10.8. The average Bonchev–Trinajstić information content (AvgIpc) is 2.97. The fraction of sp³-hybridized carbons (Fsp3) is 0.500. The number of nitro groups is 1. The first-order valence-electron chi connectivity index (χ1n) is 6.70. The van der Waals surface area contributed by atoms with E-state index in [9.17, 15) is 15.4 Å². The maximum atomic E-state index is 10.8. The molecule has 2 rings (SSSR count). The largest absolute Gasteiger partial charge is 0.376 e. The summed E-state index contributed by atoms with van der Waals surface area (Å²) in [6.45, 7) is 4.22. The van der Waals surface area contributed by atoms with E-state index in [0.717, 1.165) is 31.7 Å². The molecule has 1 fully saturated rings. The second kappa shape index (κ2) is 6.35. The van der Waals surface area contributed by atoms with Crippen LogP contribution in [-0.4, -0.2) is 30.7 Å².